The molecule has 4 rings (SSSR count). The molecule has 9 heteroatoms. The van der Waals surface area contributed by atoms with Gasteiger partial charge < -0.3 is 23.2 Å². The first-order valence-corrected chi connectivity index (χ1v) is 10.8. The number of furan rings is 1. The number of amides is 1. The van der Waals surface area contributed by atoms with E-state index in [1.165, 1.54) is 11.3 Å². The van der Waals surface area contributed by atoms with E-state index >= 15 is 0 Å². The molecule has 4 aromatic rings. The van der Waals surface area contributed by atoms with Crippen LogP contribution in [0.1, 0.15) is 27.8 Å². The van der Waals surface area contributed by atoms with Crippen LogP contribution in [0, 0.1) is 0 Å². The van der Waals surface area contributed by atoms with E-state index in [2.05, 4.69) is 4.99 Å². The van der Waals surface area contributed by atoms with Gasteiger partial charge in [0.25, 0.3) is 0 Å². The fraction of sp³-hybridized carbons (Fsp3) is 0.261. The number of nitrogens with zero attached hydrogens (tertiary/aromatic N) is 2. The Kier molecular flexibility index (Phi) is 6.38. The third-order valence-corrected chi connectivity index (χ3v) is 5.89. The Morgan fingerprint density at radius 3 is 2.75 bits per heavy atom. The molecule has 0 saturated heterocycles. The molecule has 0 atom stereocenters. The third-order valence-electron chi connectivity index (χ3n) is 4.85. The number of benzene rings is 2. The molecule has 0 aliphatic rings. The monoisotopic (exact) mass is 454 g/mol. The number of hydrogen-bond acceptors (Lipinski definition) is 7. The van der Waals surface area contributed by atoms with Gasteiger partial charge in [0.2, 0.25) is 0 Å². The van der Waals surface area contributed by atoms with Crippen LogP contribution in [0.2, 0.25) is 0 Å². The number of aromatic nitrogens is 1. The zero-order chi connectivity index (χ0) is 22.7. The van der Waals surface area contributed by atoms with Gasteiger partial charge in [-0.2, -0.15) is 4.99 Å². The second kappa shape index (κ2) is 9.37. The van der Waals surface area contributed by atoms with Crippen molar-refractivity contribution in [3.05, 3.63) is 58.6 Å². The molecular weight excluding hydrogens is 432 g/mol. The third kappa shape index (κ3) is 4.17. The van der Waals surface area contributed by atoms with E-state index in [1.807, 2.05) is 22.8 Å². The Morgan fingerprint density at radius 2 is 2.00 bits per heavy atom. The molecule has 0 unspecified atom stereocenters. The van der Waals surface area contributed by atoms with Crippen molar-refractivity contribution in [3.63, 3.8) is 0 Å². The Bertz CT molecular complexity index is 1360. The van der Waals surface area contributed by atoms with Crippen LogP contribution in [0.15, 0.2) is 51.9 Å². The van der Waals surface area contributed by atoms with Crippen LogP contribution in [0.5, 0.6) is 5.75 Å². The maximum absolute atomic E-state index is 12.9. The number of hydrogen-bond donors (Lipinski definition) is 0. The van der Waals surface area contributed by atoms with Gasteiger partial charge >= 0.3 is 11.9 Å². The lowest BCUT2D eigenvalue weighted by molar-refractivity contribution is 0.0526. The van der Waals surface area contributed by atoms with Crippen molar-refractivity contribution in [2.24, 2.45) is 4.99 Å². The van der Waals surface area contributed by atoms with E-state index in [1.54, 1.807) is 45.4 Å². The van der Waals surface area contributed by atoms with Crippen molar-refractivity contribution >= 4 is 44.4 Å². The molecule has 0 saturated carbocycles. The van der Waals surface area contributed by atoms with Crippen LogP contribution in [-0.2, 0) is 16.0 Å². The quantitative estimate of drug-likeness (QED) is 0.392. The zero-order valence-electron chi connectivity index (χ0n) is 17.9. The molecule has 0 aliphatic carbocycles. The summed E-state index contributed by atoms with van der Waals surface area (Å²) in [5, 5.41) is 0.755. The summed E-state index contributed by atoms with van der Waals surface area (Å²) in [6, 6.07) is 12.4. The molecule has 0 fully saturated rings. The number of ether oxygens (including phenoxy) is 3. The van der Waals surface area contributed by atoms with Gasteiger partial charge in [0.15, 0.2) is 21.9 Å². The highest BCUT2D eigenvalue weighted by molar-refractivity contribution is 7.16. The lowest BCUT2D eigenvalue weighted by Crippen LogP contribution is -2.19. The number of rotatable bonds is 7. The molecule has 0 N–H and O–H groups in total. The molecule has 0 aliphatic heterocycles. The molecule has 2 aromatic carbocycles. The van der Waals surface area contributed by atoms with E-state index in [-0.39, 0.29) is 5.76 Å². The molecule has 0 bridgehead atoms. The number of thiazole rings is 1. The lowest BCUT2D eigenvalue weighted by Gasteiger charge is -2.05. The predicted octanol–water partition coefficient (Wildman–Crippen LogP) is 4.02. The van der Waals surface area contributed by atoms with Gasteiger partial charge in [-0.05, 0) is 37.3 Å². The fourth-order valence-corrected chi connectivity index (χ4v) is 4.44. The first-order valence-electron chi connectivity index (χ1n) is 10.0. The first kappa shape index (κ1) is 21.8. The smallest absolute Gasteiger partial charge is 0.338 e. The highest BCUT2D eigenvalue weighted by Gasteiger charge is 2.16. The van der Waals surface area contributed by atoms with Crippen LogP contribution in [0.25, 0.3) is 21.2 Å². The van der Waals surface area contributed by atoms with Gasteiger partial charge in [0.05, 0.1) is 36.1 Å². The molecule has 8 nitrogen and oxygen atoms in total. The maximum Gasteiger partial charge on any atom is 0.338 e. The van der Waals surface area contributed by atoms with Crippen LogP contribution in [0.3, 0.4) is 0 Å². The van der Waals surface area contributed by atoms with Crippen molar-refractivity contribution in [1.82, 2.24) is 4.57 Å². The number of carbonyl (C=O) groups is 2. The average molecular weight is 455 g/mol. The molecular formula is C23H22N2O6S. The van der Waals surface area contributed by atoms with Gasteiger partial charge in [-0.15, -0.1) is 0 Å². The topological polar surface area (TPSA) is 92.3 Å². The van der Waals surface area contributed by atoms with E-state index < -0.39 is 11.9 Å². The summed E-state index contributed by atoms with van der Waals surface area (Å²) in [6.45, 7) is 2.99. The minimum atomic E-state index is -0.508. The summed E-state index contributed by atoms with van der Waals surface area (Å²) in [6.07, 6.45) is 0. The SMILES string of the molecule is CCOC(=O)c1ccc2c(c1)sc(=NC(=O)c1cc3cccc(OC)c3o1)n2CCOC. The van der Waals surface area contributed by atoms with Crippen molar-refractivity contribution in [2.45, 2.75) is 13.5 Å². The van der Waals surface area contributed by atoms with Gasteiger partial charge in [-0.25, -0.2) is 4.79 Å². The number of methoxy groups -OCH3 is 2. The van der Waals surface area contributed by atoms with E-state index in [0.29, 0.717) is 41.5 Å². The number of para-hydroxylation sites is 1. The van der Waals surface area contributed by atoms with Crippen LogP contribution < -0.4 is 9.54 Å². The van der Waals surface area contributed by atoms with Gasteiger partial charge in [0.1, 0.15) is 0 Å². The van der Waals surface area contributed by atoms with E-state index in [4.69, 9.17) is 18.6 Å². The summed E-state index contributed by atoms with van der Waals surface area (Å²) in [5.41, 5.74) is 1.79. The predicted molar refractivity (Wildman–Crippen MR) is 120 cm³/mol. The summed E-state index contributed by atoms with van der Waals surface area (Å²) in [5.74, 6) is -0.235. The van der Waals surface area contributed by atoms with Crippen molar-refractivity contribution in [1.29, 1.82) is 0 Å². The summed E-state index contributed by atoms with van der Waals surface area (Å²) >= 11 is 1.31. The molecule has 166 valence electrons. The standard InChI is InChI=1S/C23H22N2O6S/c1-4-30-22(27)15-8-9-16-19(13-15)32-23(25(16)10-11-28-2)24-21(26)18-12-14-6-5-7-17(29-3)20(14)31-18/h5-9,12-13H,4,10-11H2,1-3H3. The molecule has 1 amide bonds. The lowest BCUT2D eigenvalue weighted by atomic mass is 10.2. The molecule has 0 spiro atoms. The van der Waals surface area contributed by atoms with Crippen molar-refractivity contribution in [2.75, 3.05) is 27.4 Å². The van der Waals surface area contributed by atoms with Crippen molar-refractivity contribution < 1.29 is 28.2 Å². The second-order valence-corrected chi connectivity index (χ2v) is 7.85. The minimum absolute atomic E-state index is 0.118. The Labute approximate surface area is 187 Å². The van der Waals surface area contributed by atoms with Gasteiger partial charge in [-0.1, -0.05) is 23.5 Å². The minimum Gasteiger partial charge on any atom is -0.493 e. The average Bonchev–Trinajstić information content (AvgIpc) is 3.38. The first-order chi connectivity index (χ1) is 15.5. The summed E-state index contributed by atoms with van der Waals surface area (Å²) in [7, 11) is 3.15. The van der Waals surface area contributed by atoms with E-state index in [0.717, 1.165) is 15.6 Å². The van der Waals surface area contributed by atoms with Crippen LogP contribution >= 0.6 is 11.3 Å². The molecule has 2 aromatic heterocycles. The number of esters is 1. The molecule has 2 heterocycles. The fourth-order valence-electron chi connectivity index (χ4n) is 3.34. The largest absolute Gasteiger partial charge is 0.493 e. The maximum atomic E-state index is 12.9. The molecule has 0 radical (unpaired) electrons. The molecule has 32 heavy (non-hydrogen) atoms. The summed E-state index contributed by atoms with van der Waals surface area (Å²) < 4.78 is 24.0. The van der Waals surface area contributed by atoms with Gasteiger partial charge in [0, 0.05) is 19.0 Å². The highest BCUT2D eigenvalue weighted by Crippen LogP contribution is 2.28. The second-order valence-electron chi connectivity index (χ2n) is 6.84. The van der Waals surface area contributed by atoms with E-state index in [9.17, 15) is 9.59 Å². The van der Waals surface area contributed by atoms with Crippen LogP contribution in [-0.4, -0.2) is 43.9 Å². The summed E-state index contributed by atoms with van der Waals surface area (Å²) in [4.78, 5) is 29.8. The zero-order valence-corrected chi connectivity index (χ0v) is 18.7. The number of fused-ring (bicyclic) bond motifs is 2. The Balaban J connectivity index is 1.79. The Morgan fingerprint density at radius 1 is 1.16 bits per heavy atom. The number of carbonyl (C=O) groups excluding carboxylic acids is 2. The van der Waals surface area contributed by atoms with Gasteiger partial charge in [-0.3, -0.25) is 4.79 Å². The Hall–Kier alpha value is -3.43. The highest BCUT2D eigenvalue weighted by atomic mass is 32.1. The normalized spacial score (nSPS) is 11.9. The van der Waals surface area contributed by atoms with Crippen molar-refractivity contribution in [3.8, 4) is 5.75 Å². The van der Waals surface area contributed by atoms with Crippen LogP contribution in [0.4, 0.5) is 0 Å².